The molecule has 0 spiro atoms. The molecule has 7 nitrogen and oxygen atoms in total. The van der Waals surface area contributed by atoms with Crippen molar-refractivity contribution in [3.63, 3.8) is 0 Å². The van der Waals surface area contributed by atoms with Crippen molar-refractivity contribution < 1.29 is 29.0 Å². The smallest absolute Gasteiger partial charge is 0.412 e. The van der Waals surface area contributed by atoms with Crippen molar-refractivity contribution in [3.8, 4) is 5.75 Å². The van der Waals surface area contributed by atoms with Crippen molar-refractivity contribution in [3.05, 3.63) is 59.7 Å². The highest BCUT2D eigenvalue weighted by molar-refractivity contribution is 5.94. The van der Waals surface area contributed by atoms with Crippen LogP contribution in [-0.2, 0) is 16.0 Å². The zero-order chi connectivity index (χ0) is 20.7. The van der Waals surface area contributed by atoms with Gasteiger partial charge < -0.3 is 14.6 Å². The maximum atomic E-state index is 12.5. The van der Waals surface area contributed by atoms with E-state index in [0.717, 1.165) is 0 Å². The summed E-state index contributed by atoms with van der Waals surface area (Å²) >= 11 is 0. The van der Waals surface area contributed by atoms with Gasteiger partial charge in [0.05, 0.1) is 11.3 Å². The number of aliphatic carboxylic acids is 1. The fourth-order valence-corrected chi connectivity index (χ4v) is 2.38. The molecule has 0 aromatic heterocycles. The summed E-state index contributed by atoms with van der Waals surface area (Å²) in [4.78, 5) is 35.6. The van der Waals surface area contributed by atoms with E-state index >= 15 is 0 Å². The molecule has 0 fully saturated rings. The van der Waals surface area contributed by atoms with Gasteiger partial charge in [-0.2, -0.15) is 0 Å². The Morgan fingerprint density at radius 2 is 1.68 bits per heavy atom. The summed E-state index contributed by atoms with van der Waals surface area (Å²) in [6.45, 7) is 5.19. The van der Waals surface area contributed by atoms with Crippen molar-refractivity contribution in [1.29, 1.82) is 0 Å². The van der Waals surface area contributed by atoms with Crippen molar-refractivity contribution in [1.82, 2.24) is 0 Å². The Morgan fingerprint density at radius 3 is 2.29 bits per heavy atom. The Hall–Kier alpha value is -3.35. The van der Waals surface area contributed by atoms with Gasteiger partial charge in [-0.05, 0) is 51.0 Å². The van der Waals surface area contributed by atoms with Gasteiger partial charge in [-0.1, -0.05) is 30.3 Å². The standard InChI is InChI=1S/C21H23NO6/c1-21(2,3)28-20(26)22-16-11-7-10-14(12-13-17(23)24)18(16)27-19(25)15-8-5-4-6-9-15/h4-11H,12-13H2,1-3H3,(H,22,26)(H,23,24). The van der Waals surface area contributed by atoms with Crippen molar-refractivity contribution in [2.45, 2.75) is 39.2 Å². The molecule has 7 heteroatoms. The number of carboxylic acid groups (broad SMARTS) is 1. The molecular formula is C21H23NO6. The molecule has 0 saturated heterocycles. The summed E-state index contributed by atoms with van der Waals surface area (Å²) in [6.07, 6.45) is -0.720. The fourth-order valence-electron chi connectivity index (χ4n) is 2.38. The molecule has 0 heterocycles. The predicted octanol–water partition coefficient (Wildman–Crippen LogP) is 4.27. The minimum Gasteiger partial charge on any atom is -0.481 e. The minimum absolute atomic E-state index is 0.100. The maximum Gasteiger partial charge on any atom is 0.412 e. The maximum absolute atomic E-state index is 12.5. The van der Waals surface area contributed by atoms with E-state index in [2.05, 4.69) is 5.32 Å². The number of aryl methyl sites for hydroxylation is 1. The number of esters is 1. The number of rotatable bonds is 6. The number of hydrogen-bond donors (Lipinski definition) is 2. The second-order valence-electron chi connectivity index (χ2n) is 7.07. The molecule has 0 aliphatic heterocycles. The first kappa shape index (κ1) is 21.0. The van der Waals surface area contributed by atoms with Crippen molar-refractivity contribution in [2.24, 2.45) is 0 Å². The summed E-state index contributed by atoms with van der Waals surface area (Å²) in [7, 11) is 0. The first-order chi connectivity index (χ1) is 13.2. The van der Waals surface area contributed by atoms with E-state index in [0.29, 0.717) is 11.1 Å². The summed E-state index contributed by atoms with van der Waals surface area (Å²) in [5.74, 6) is -1.50. The summed E-state index contributed by atoms with van der Waals surface area (Å²) in [5, 5.41) is 11.5. The number of anilines is 1. The zero-order valence-corrected chi connectivity index (χ0v) is 16.0. The number of carbonyl (C=O) groups is 3. The number of benzene rings is 2. The monoisotopic (exact) mass is 385 g/mol. The van der Waals surface area contributed by atoms with E-state index < -0.39 is 23.6 Å². The molecule has 0 bridgehead atoms. The molecule has 2 aromatic carbocycles. The molecule has 0 aliphatic rings. The Labute approximate surface area is 163 Å². The average Bonchev–Trinajstić information content (AvgIpc) is 2.61. The van der Waals surface area contributed by atoms with Crippen LogP contribution in [0, 0.1) is 0 Å². The number of amides is 1. The molecule has 28 heavy (non-hydrogen) atoms. The number of para-hydroxylation sites is 1. The van der Waals surface area contributed by atoms with E-state index in [1.165, 1.54) is 0 Å². The summed E-state index contributed by atoms with van der Waals surface area (Å²) in [5.41, 5.74) is 0.340. The van der Waals surface area contributed by atoms with Crippen molar-refractivity contribution >= 4 is 23.7 Å². The van der Waals surface area contributed by atoms with E-state index in [4.69, 9.17) is 14.6 Å². The van der Waals surface area contributed by atoms with Crippen LogP contribution in [0.5, 0.6) is 5.75 Å². The SMILES string of the molecule is CC(C)(C)OC(=O)Nc1cccc(CCC(=O)O)c1OC(=O)c1ccccc1. The lowest BCUT2D eigenvalue weighted by Gasteiger charge is -2.21. The highest BCUT2D eigenvalue weighted by atomic mass is 16.6. The Bertz CT molecular complexity index is 855. The van der Waals surface area contributed by atoms with Gasteiger partial charge in [0.1, 0.15) is 5.60 Å². The molecule has 0 unspecified atom stereocenters. The quantitative estimate of drug-likeness (QED) is 0.569. The van der Waals surface area contributed by atoms with E-state index in [1.54, 1.807) is 69.3 Å². The predicted molar refractivity (Wildman–Crippen MR) is 104 cm³/mol. The Balaban J connectivity index is 2.32. The number of carboxylic acids is 1. The van der Waals surface area contributed by atoms with Crippen LogP contribution in [-0.4, -0.2) is 28.7 Å². The van der Waals surface area contributed by atoms with Gasteiger partial charge in [0, 0.05) is 6.42 Å². The molecule has 2 rings (SSSR count). The van der Waals surface area contributed by atoms with Gasteiger partial charge in [0.25, 0.3) is 0 Å². The summed E-state index contributed by atoms with van der Waals surface area (Å²) in [6, 6.07) is 13.2. The number of nitrogens with one attached hydrogen (secondary N) is 1. The molecular weight excluding hydrogens is 362 g/mol. The van der Waals surface area contributed by atoms with Crippen LogP contribution < -0.4 is 10.1 Å². The number of ether oxygens (including phenoxy) is 2. The van der Waals surface area contributed by atoms with Gasteiger partial charge in [0.2, 0.25) is 0 Å². The van der Waals surface area contributed by atoms with Gasteiger partial charge in [-0.3, -0.25) is 10.1 Å². The van der Waals surface area contributed by atoms with Crippen LogP contribution >= 0.6 is 0 Å². The molecule has 1 amide bonds. The largest absolute Gasteiger partial charge is 0.481 e. The Kier molecular flexibility index (Phi) is 6.76. The topological polar surface area (TPSA) is 102 Å². The molecule has 0 aliphatic carbocycles. The van der Waals surface area contributed by atoms with E-state index in [9.17, 15) is 14.4 Å². The van der Waals surface area contributed by atoms with Crippen LogP contribution in [0.25, 0.3) is 0 Å². The van der Waals surface area contributed by atoms with E-state index in [1.807, 2.05) is 0 Å². The molecule has 0 radical (unpaired) electrons. The highest BCUT2D eigenvalue weighted by Gasteiger charge is 2.21. The van der Waals surface area contributed by atoms with Crippen LogP contribution in [0.3, 0.4) is 0 Å². The van der Waals surface area contributed by atoms with Crippen LogP contribution in [0.1, 0.15) is 43.1 Å². The molecule has 0 saturated carbocycles. The fraction of sp³-hybridized carbons (Fsp3) is 0.286. The van der Waals surface area contributed by atoms with Crippen LogP contribution in [0.4, 0.5) is 10.5 Å². The second-order valence-corrected chi connectivity index (χ2v) is 7.07. The van der Waals surface area contributed by atoms with Crippen LogP contribution in [0.2, 0.25) is 0 Å². The summed E-state index contributed by atoms with van der Waals surface area (Å²) < 4.78 is 10.8. The number of hydrogen-bond acceptors (Lipinski definition) is 5. The van der Waals surface area contributed by atoms with Crippen LogP contribution in [0.15, 0.2) is 48.5 Å². The highest BCUT2D eigenvalue weighted by Crippen LogP contribution is 2.31. The first-order valence-electron chi connectivity index (χ1n) is 8.76. The normalized spacial score (nSPS) is 10.8. The van der Waals surface area contributed by atoms with Gasteiger partial charge >= 0.3 is 18.0 Å². The first-order valence-corrected chi connectivity index (χ1v) is 8.76. The van der Waals surface area contributed by atoms with Gasteiger partial charge in [-0.25, -0.2) is 9.59 Å². The third-order valence-electron chi connectivity index (χ3n) is 3.54. The lowest BCUT2D eigenvalue weighted by molar-refractivity contribution is -0.136. The van der Waals surface area contributed by atoms with Gasteiger partial charge in [-0.15, -0.1) is 0 Å². The van der Waals surface area contributed by atoms with Crippen molar-refractivity contribution in [2.75, 3.05) is 5.32 Å². The third kappa shape index (κ3) is 6.42. The lowest BCUT2D eigenvalue weighted by Crippen LogP contribution is -2.27. The molecule has 148 valence electrons. The molecule has 0 atom stereocenters. The number of carbonyl (C=O) groups excluding carboxylic acids is 2. The second kappa shape index (κ2) is 9.03. The van der Waals surface area contributed by atoms with Gasteiger partial charge in [0.15, 0.2) is 5.75 Å². The minimum atomic E-state index is -0.981. The third-order valence-corrected chi connectivity index (χ3v) is 3.54. The van der Waals surface area contributed by atoms with E-state index in [-0.39, 0.29) is 24.3 Å². The Morgan fingerprint density at radius 1 is 1.00 bits per heavy atom. The zero-order valence-electron chi connectivity index (χ0n) is 16.0. The molecule has 2 aromatic rings. The molecule has 2 N–H and O–H groups in total. The average molecular weight is 385 g/mol. The lowest BCUT2D eigenvalue weighted by atomic mass is 10.1.